The predicted octanol–water partition coefficient (Wildman–Crippen LogP) is 4.25. The molecule has 0 aliphatic rings. The molecule has 0 bridgehead atoms. The molecule has 4 aromatic rings. The van der Waals surface area contributed by atoms with E-state index in [9.17, 15) is 14.0 Å². The summed E-state index contributed by atoms with van der Waals surface area (Å²) < 4.78 is 13.2. The van der Waals surface area contributed by atoms with Gasteiger partial charge in [-0.1, -0.05) is 6.07 Å². The van der Waals surface area contributed by atoms with Crippen LogP contribution in [0.3, 0.4) is 0 Å². The number of carbonyl (C=O) groups excluding carboxylic acids is 2. The number of nitrogens with zero attached hydrogens (tertiary/aromatic N) is 2. The van der Waals surface area contributed by atoms with Crippen LogP contribution in [0.5, 0.6) is 0 Å². The maximum atomic E-state index is 13.2. The van der Waals surface area contributed by atoms with E-state index in [4.69, 9.17) is 0 Å². The number of hydrogen-bond donors (Lipinski definition) is 1. The van der Waals surface area contributed by atoms with E-state index >= 15 is 0 Å². The van der Waals surface area contributed by atoms with Gasteiger partial charge in [0.05, 0.1) is 11.0 Å². The lowest BCUT2D eigenvalue weighted by Crippen LogP contribution is -2.12. The van der Waals surface area contributed by atoms with Gasteiger partial charge in [0.25, 0.3) is 5.91 Å². The number of benzene rings is 3. The Morgan fingerprint density at radius 2 is 1.46 bits per heavy atom. The normalized spacial score (nSPS) is 10.6. The highest BCUT2D eigenvalue weighted by Crippen LogP contribution is 2.17. The summed E-state index contributed by atoms with van der Waals surface area (Å²) in [6, 6.07) is 17.1. The van der Waals surface area contributed by atoms with E-state index in [0.717, 1.165) is 11.6 Å². The Morgan fingerprint density at radius 1 is 0.750 bits per heavy atom. The second kappa shape index (κ2) is 7.36. The number of fused-ring (bicyclic) bond motifs is 1. The Bertz CT molecular complexity index is 1190. The second-order valence-corrected chi connectivity index (χ2v) is 6.13. The summed E-state index contributed by atoms with van der Waals surface area (Å²) in [5.74, 6) is -1.06. The lowest BCUT2D eigenvalue weighted by molar-refractivity contribution is 0.102. The number of nitrogens with one attached hydrogen (secondary N) is 1. The highest BCUT2D eigenvalue weighted by Gasteiger charge is 2.12. The molecule has 0 fully saturated rings. The van der Waals surface area contributed by atoms with Crippen molar-refractivity contribution in [1.29, 1.82) is 0 Å². The summed E-state index contributed by atoms with van der Waals surface area (Å²) in [5, 5.41) is 2.68. The van der Waals surface area contributed by atoms with Gasteiger partial charge in [0.15, 0.2) is 5.78 Å². The third kappa shape index (κ3) is 3.61. The van der Waals surface area contributed by atoms with Gasteiger partial charge in [-0.2, -0.15) is 0 Å². The first-order valence-electron chi connectivity index (χ1n) is 8.52. The van der Waals surface area contributed by atoms with E-state index in [2.05, 4.69) is 15.3 Å². The predicted molar refractivity (Wildman–Crippen MR) is 104 cm³/mol. The first kappa shape index (κ1) is 17.5. The number of amides is 1. The molecule has 3 aromatic carbocycles. The molecular formula is C22H14FN3O2. The smallest absolute Gasteiger partial charge is 0.255 e. The Labute approximate surface area is 159 Å². The quantitative estimate of drug-likeness (QED) is 0.544. The summed E-state index contributed by atoms with van der Waals surface area (Å²) in [6.07, 6.45) is 3.17. The summed E-state index contributed by atoms with van der Waals surface area (Å²) in [5.41, 5.74) is 3.07. The fourth-order valence-electron chi connectivity index (χ4n) is 2.81. The average Bonchev–Trinajstić information content (AvgIpc) is 2.73. The maximum Gasteiger partial charge on any atom is 0.255 e. The highest BCUT2D eigenvalue weighted by molar-refractivity contribution is 6.10. The van der Waals surface area contributed by atoms with Crippen molar-refractivity contribution in [3.63, 3.8) is 0 Å². The summed E-state index contributed by atoms with van der Waals surface area (Å²) in [6.45, 7) is 0. The third-order valence-electron chi connectivity index (χ3n) is 4.22. The highest BCUT2D eigenvalue weighted by atomic mass is 19.1. The molecule has 0 radical (unpaired) electrons. The molecule has 4 rings (SSSR count). The molecule has 5 nitrogen and oxygen atoms in total. The second-order valence-electron chi connectivity index (χ2n) is 6.13. The summed E-state index contributed by atoms with van der Waals surface area (Å²) in [7, 11) is 0. The van der Waals surface area contributed by atoms with Crippen LogP contribution >= 0.6 is 0 Å². The molecule has 0 atom stereocenters. The molecule has 0 spiro atoms. The molecule has 0 unspecified atom stereocenters. The van der Waals surface area contributed by atoms with Gasteiger partial charge in [0.1, 0.15) is 5.82 Å². The van der Waals surface area contributed by atoms with Gasteiger partial charge in [-0.15, -0.1) is 0 Å². The molecule has 0 aliphatic carbocycles. The molecule has 136 valence electrons. The number of carbonyl (C=O) groups is 2. The van der Waals surface area contributed by atoms with Crippen molar-refractivity contribution < 1.29 is 14.0 Å². The molecule has 1 N–H and O–H groups in total. The molecule has 0 saturated carbocycles. The summed E-state index contributed by atoms with van der Waals surface area (Å²) >= 11 is 0. The van der Waals surface area contributed by atoms with E-state index in [1.54, 1.807) is 54.9 Å². The monoisotopic (exact) mass is 371 g/mol. The number of ketones is 1. The van der Waals surface area contributed by atoms with Crippen LogP contribution in [0.15, 0.2) is 79.1 Å². The Kier molecular flexibility index (Phi) is 4.60. The zero-order valence-electron chi connectivity index (χ0n) is 14.6. The lowest BCUT2D eigenvalue weighted by atomic mass is 10.0. The third-order valence-corrected chi connectivity index (χ3v) is 4.22. The molecule has 0 aliphatic heterocycles. The van der Waals surface area contributed by atoms with Crippen LogP contribution in [0, 0.1) is 5.82 Å². The molecule has 1 amide bonds. The van der Waals surface area contributed by atoms with Crippen LogP contribution in [0.4, 0.5) is 10.1 Å². The molecule has 28 heavy (non-hydrogen) atoms. The van der Waals surface area contributed by atoms with Crippen LogP contribution in [0.25, 0.3) is 11.0 Å². The fourth-order valence-corrected chi connectivity index (χ4v) is 2.81. The summed E-state index contributed by atoms with van der Waals surface area (Å²) in [4.78, 5) is 33.3. The largest absolute Gasteiger partial charge is 0.322 e. The van der Waals surface area contributed by atoms with Crippen molar-refractivity contribution in [2.24, 2.45) is 0 Å². The topological polar surface area (TPSA) is 72.0 Å². The molecule has 0 saturated heterocycles. The minimum atomic E-state index is -0.478. The van der Waals surface area contributed by atoms with E-state index in [0.29, 0.717) is 22.3 Å². The van der Waals surface area contributed by atoms with Crippen molar-refractivity contribution in [2.45, 2.75) is 0 Å². The van der Waals surface area contributed by atoms with Crippen LogP contribution in [-0.2, 0) is 0 Å². The standard InChI is InChI=1S/C22H14FN3O2/c23-17-3-1-2-16(12-17)22(28)26-18-7-4-14(5-8-18)21(27)15-6-9-19-20(13-15)25-11-10-24-19/h1-13H,(H,26,28). The molecular weight excluding hydrogens is 357 g/mol. The lowest BCUT2D eigenvalue weighted by Gasteiger charge is -2.07. The van der Waals surface area contributed by atoms with Gasteiger partial charge >= 0.3 is 0 Å². The van der Waals surface area contributed by atoms with E-state index in [1.807, 2.05) is 0 Å². The van der Waals surface area contributed by atoms with Crippen molar-refractivity contribution in [1.82, 2.24) is 9.97 Å². The van der Waals surface area contributed by atoms with Gasteiger partial charge in [-0.25, -0.2) is 4.39 Å². The minimum Gasteiger partial charge on any atom is -0.322 e. The fraction of sp³-hybridized carbons (Fsp3) is 0. The minimum absolute atomic E-state index is 0.157. The van der Waals surface area contributed by atoms with Crippen molar-refractivity contribution in [3.8, 4) is 0 Å². The zero-order chi connectivity index (χ0) is 19.5. The Morgan fingerprint density at radius 3 is 2.21 bits per heavy atom. The number of rotatable bonds is 4. The van der Waals surface area contributed by atoms with E-state index in [1.165, 1.54) is 18.2 Å². The van der Waals surface area contributed by atoms with Gasteiger partial charge in [0.2, 0.25) is 0 Å². The van der Waals surface area contributed by atoms with E-state index < -0.39 is 11.7 Å². The van der Waals surface area contributed by atoms with Gasteiger partial charge in [0, 0.05) is 34.8 Å². The van der Waals surface area contributed by atoms with Crippen molar-refractivity contribution in [3.05, 3.63) is 102 Å². The van der Waals surface area contributed by atoms with Crippen molar-refractivity contribution in [2.75, 3.05) is 5.32 Å². The van der Waals surface area contributed by atoms with E-state index in [-0.39, 0.29) is 11.3 Å². The van der Waals surface area contributed by atoms with Crippen LogP contribution in [-0.4, -0.2) is 21.7 Å². The first-order valence-corrected chi connectivity index (χ1v) is 8.52. The maximum absolute atomic E-state index is 13.2. The SMILES string of the molecule is O=C(Nc1ccc(C(=O)c2ccc3nccnc3c2)cc1)c1cccc(F)c1. The zero-order valence-corrected chi connectivity index (χ0v) is 14.6. The van der Waals surface area contributed by atoms with Crippen LogP contribution in [0.2, 0.25) is 0 Å². The average molecular weight is 371 g/mol. The van der Waals surface area contributed by atoms with Crippen LogP contribution < -0.4 is 5.32 Å². The van der Waals surface area contributed by atoms with Crippen LogP contribution in [0.1, 0.15) is 26.3 Å². The van der Waals surface area contributed by atoms with Gasteiger partial charge < -0.3 is 5.32 Å². The molecule has 1 aromatic heterocycles. The number of halogens is 1. The Hall–Kier alpha value is -3.93. The number of hydrogen-bond acceptors (Lipinski definition) is 4. The number of anilines is 1. The Balaban J connectivity index is 1.52. The van der Waals surface area contributed by atoms with Gasteiger partial charge in [-0.05, 0) is 60.7 Å². The first-order chi connectivity index (χ1) is 13.6. The van der Waals surface area contributed by atoms with Gasteiger partial charge in [-0.3, -0.25) is 19.6 Å². The molecule has 1 heterocycles. The molecule has 6 heteroatoms. The number of aromatic nitrogens is 2. The van der Waals surface area contributed by atoms with Crippen molar-refractivity contribution >= 4 is 28.4 Å².